The zero-order valence-corrected chi connectivity index (χ0v) is 30.2. The predicted molar refractivity (Wildman–Crippen MR) is 203 cm³/mol. The number of ether oxygens (including phenoxy) is 2. The minimum absolute atomic E-state index is 0.0407. The van der Waals surface area contributed by atoms with Crippen LogP contribution >= 0.6 is 23.2 Å². The van der Waals surface area contributed by atoms with Gasteiger partial charge < -0.3 is 29.5 Å². The van der Waals surface area contributed by atoms with Gasteiger partial charge in [0.15, 0.2) is 13.2 Å². The van der Waals surface area contributed by atoms with Crippen molar-refractivity contribution in [3.05, 3.63) is 82.8 Å². The second kappa shape index (κ2) is 14.7. The van der Waals surface area contributed by atoms with Gasteiger partial charge in [0, 0.05) is 74.6 Å². The highest BCUT2D eigenvalue weighted by molar-refractivity contribution is 6.39. The fourth-order valence-corrected chi connectivity index (χ4v) is 8.35. The van der Waals surface area contributed by atoms with Crippen molar-refractivity contribution in [2.75, 3.05) is 75.4 Å². The van der Waals surface area contributed by atoms with Crippen LogP contribution in [0.1, 0.15) is 12.8 Å². The molecule has 10 nitrogen and oxygen atoms in total. The molecule has 0 radical (unpaired) electrons. The number of likely N-dealkylation sites (tertiary alicyclic amines) is 2. The van der Waals surface area contributed by atoms with Gasteiger partial charge in [0.1, 0.15) is 11.5 Å². The molecule has 270 valence electrons. The Morgan fingerprint density at radius 2 is 1.02 bits per heavy atom. The Morgan fingerprint density at radius 1 is 0.596 bits per heavy atom. The third-order valence-electron chi connectivity index (χ3n) is 10.5. The normalized spacial score (nSPS) is 20.5. The molecule has 2 atom stereocenters. The fraction of sp³-hybridized carbons (Fsp3) is 0.350. The Morgan fingerprint density at radius 3 is 1.42 bits per heavy atom. The van der Waals surface area contributed by atoms with Crippen LogP contribution in [-0.4, -0.2) is 110 Å². The number of carbonyl (C=O) groups is 2. The molecule has 0 aliphatic carbocycles. The maximum absolute atomic E-state index is 12.8. The highest BCUT2D eigenvalue weighted by Crippen LogP contribution is 2.45. The van der Waals surface area contributed by atoms with Gasteiger partial charge in [0.05, 0.1) is 33.6 Å². The summed E-state index contributed by atoms with van der Waals surface area (Å²) in [6.07, 6.45) is 0.895. The van der Waals surface area contributed by atoms with Crippen LogP contribution in [0.3, 0.4) is 0 Å². The standard InChI is InChI=1S/C40H40Cl2N4O6/c41-39-29(25-7-9-33-35(19-25)51-23-37(49)45(33)17-15-43-13-11-27(47)21-43)3-1-5-31(39)32-6-2-4-30(40(32)42)26-8-10-34-36(20-26)52-24-38(50)46(34)18-16-44-14-12-28(48)22-44/h1-10,19-20,27-28,47-48H,11-18,21-24H2. The van der Waals surface area contributed by atoms with Crippen molar-refractivity contribution in [1.82, 2.24) is 9.80 Å². The summed E-state index contributed by atoms with van der Waals surface area (Å²) < 4.78 is 11.8. The molecule has 8 rings (SSSR count). The number of hydrogen-bond acceptors (Lipinski definition) is 8. The van der Waals surface area contributed by atoms with Gasteiger partial charge in [-0.2, -0.15) is 0 Å². The third kappa shape index (κ3) is 6.87. The van der Waals surface area contributed by atoms with Crippen LogP contribution in [0.15, 0.2) is 72.8 Å². The van der Waals surface area contributed by atoms with Crippen molar-refractivity contribution in [1.29, 1.82) is 0 Å². The molecule has 2 amide bonds. The molecule has 4 heterocycles. The maximum Gasteiger partial charge on any atom is 0.265 e. The number of anilines is 2. The van der Waals surface area contributed by atoms with Crippen LogP contribution in [0.5, 0.6) is 11.5 Å². The van der Waals surface area contributed by atoms with Crippen molar-refractivity contribution in [3.8, 4) is 44.9 Å². The first-order valence-corrected chi connectivity index (χ1v) is 18.5. The lowest BCUT2D eigenvalue weighted by atomic mass is 9.95. The van der Waals surface area contributed by atoms with E-state index in [1.165, 1.54) is 0 Å². The Hall–Kier alpha value is -4.16. The summed E-state index contributed by atoms with van der Waals surface area (Å²) >= 11 is 14.3. The average molecular weight is 744 g/mol. The summed E-state index contributed by atoms with van der Waals surface area (Å²) in [5, 5.41) is 20.9. The number of hydrogen-bond donors (Lipinski definition) is 2. The molecule has 2 fully saturated rings. The quantitative estimate of drug-likeness (QED) is 0.229. The third-order valence-corrected chi connectivity index (χ3v) is 11.3. The van der Waals surface area contributed by atoms with Gasteiger partial charge in [-0.05, 0) is 48.2 Å². The van der Waals surface area contributed by atoms with Gasteiger partial charge in [-0.3, -0.25) is 19.4 Å². The molecule has 4 aliphatic rings. The Labute approximate surface area is 312 Å². The summed E-state index contributed by atoms with van der Waals surface area (Å²) in [6, 6.07) is 23.2. The molecule has 2 saturated heterocycles. The number of fused-ring (bicyclic) bond motifs is 2. The molecule has 52 heavy (non-hydrogen) atoms. The summed E-state index contributed by atoms with van der Waals surface area (Å²) in [5.41, 5.74) is 6.28. The highest BCUT2D eigenvalue weighted by atomic mass is 35.5. The number of β-amino-alcohol motifs (C(OH)–C–C–N with tert-alkyl or cyclic N) is 2. The summed E-state index contributed by atoms with van der Waals surface area (Å²) in [4.78, 5) is 33.6. The average Bonchev–Trinajstić information content (AvgIpc) is 3.77. The number of halogens is 2. The van der Waals surface area contributed by atoms with E-state index < -0.39 is 0 Å². The molecule has 0 aromatic heterocycles. The first kappa shape index (κ1) is 34.9. The van der Waals surface area contributed by atoms with E-state index in [2.05, 4.69) is 9.80 Å². The topological polar surface area (TPSA) is 106 Å². The van der Waals surface area contributed by atoms with Gasteiger partial charge in [0.2, 0.25) is 0 Å². The van der Waals surface area contributed by atoms with E-state index in [1.54, 1.807) is 9.80 Å². The number of aliphatic hydroxyl groups is 2. The zero-order valence-electron chi connectivity index (χ0n) is 28.6. The summed E-state index contributed by atoms with van der Waals surface area (Å²) in [5.74, 6) is 1.05. The minimum Gasteiger partial charge on any atom is -0.482 e. The van der Waals surface area contributed by atoms with E-state index in [0.717, 1.165) is 70.7 Å². The number of carbonyl (C=O) groups excluding carboxylic acids is 2. The van der Waals surface area contributed by atoms with E-state index >= 15 is 0 Å². The van der Waals surface area contributed by atoms with Gasteiger partial charge in [-0.15, -0.1) is 0 Å². The number of aliphatic hydroxyl groups excluding tert-OH is 2. The monoisotopic (exact) mass is 742 g/mol. The lowest BCUT2D eigenvalue weighted by molar-refractivity contribution is -0.122. The van der Waals surface area contributed by atoms with E-state index in [0.29, 0.717) is 60.8 Å². The summed E-state index contributed by atoms with van der Waals surface area (Å²) in [6.45, 7) is 5.21. The van der Waals surface area contributed by atoms with E-state index in [4.69, 9.17) is 32.7 Å². The second-order valence-electron chi connectivity index (χ2n) is 13.9. The van der Waals surface area contributed by atoms with Crippen LogP contribution in [0, 0.1) is 0 Å². The fourth-order valence-electron chi connectivity index (χ4n) is 7.67. The molecular formula is C40H40Cl2N4O6. The first-order valence-electron chi connectivity index (χ1n) is 17.8. The molecule has 0 spiro atoms. The van der Waals surface area contributed by atoms with Crippen LogP contribution in [0.2, 0.25) is 10.0 Å². The lowest BCUT2D eigenvalue weighted by Gasteiger charge is -2.31. The van der Waals surface area contributed by atoms with E-state index in [1.807, 2.05) is 72.8 Å². The molecule has 4 aromatic rings. The number of nitrogens with zero attached hydrogens (tertiary/aromatic N) is 4. The Kier molecular flexibility index (Phi) is 9.86. The molecule has 0 bridgehead atoms. The van der Waals surface area contributed by atoms with Crippen LogP contribution in [0.25, 0.3) is 33.4 Å². The summed E-state index contributed by atoms with van der Waals surface area (Å²) in [7, 11) is 0. The SMILES string of the molecule is O=C1COc2cc(-c3cccc(-c4cccc(-c5ccc6c(c5)OCC(=O)N6CCN5CCC(O)C5)c4Cl)c3Cl)ccc2N1CCN1CCC(O)C1. The van der Waals surface area contributed by atoms with Crippen molar-refractivity contribution >= 4 is 46.4 Å². The van der Waals surface area contributed by atoms with Gasteiger partial charge in [0.25, 0.3) is 11.8 Å². The molecule has 12 heteroatoms. The maximum atomic E-state index is 12.8. The molecule has 4 aliphatic heterocycles. The van der Waals surface area contributed by atoms with Crippen molar-refractivity contribution in [3.63, 3.8) is 0 Å². The predicted octanol–water partition coefficient (Wildman–Crippen LogP) is 5.58. The molecular weight excluding hydrogens is 703 g/mol. The highest BCUT2D eigenvalue weighted by Gasteiger charge is 2.30. The van der Waals surface area contributed by atoms with E-state index in [9.17, 15) is 19.8 Å². The lowest BCUT2D eigenvalue weighted by Crippen LogP contribution is -2.43. The smallest absolute Gasteiger partial charge is 0.265 e. The van der Waals surface area contributed by atoms with Crippen LogP contribution in [0.4, 0.5) is 11.4 Å². The first-order chi connectivity index (χ1) is 25.2. The van der Waals surface area contributed by atoms with Gasteiger partial charge >= 0.3 is 0 Å². The number of rotatable bonds is 9. The van der Waals surface area contributed by atoms with E-state index in [-0.39, 0.29) is 37.2 Å². The van der Waals surface area contributed by atoms with Crippen LogP contribution in [-0.2, 0) is 9.59 Å². The second-order valence-corrected chi connectivity index (χ2v) is 14.6. The van der Waals surface area contributed by atoms with Crippen molar-refractivity contribution in [2.24, 2.45) is 0 Å². The van der Waals surface area contributed by atoms with Crippen molar-refractivity contribution in [2.45, 2.75) is 25.0 Å². The number of amides is 2. The zero-order chi connectivity index (χ0) is 35.9. The Bertz CT molecular complexity index is 1880. The Balaban J connectivity index is 1.04. The molecule has 2 N–H and O–H groups in total. The largest absolute Gasteiger partial charge is 0.482 e. The van der Waals surface area contributed by atoms with Crippen molar-refractivity contribution < 1.29 is 29.3 Å². The van der Waals surface area contributed by atoms with Gasteiger partial charge in [-0.25, -0.2) is 0 Å². The van der Waals surface area contributed by atoms with Crippen LogP contribution < -0.4 is 19.3 Å². The molecule has 4 aromatic carbocycles. The van der Waals surface area contributed by atoms with Gasteiger partial charge in [-0.1, -0.05) is 71.7 Å². The number of benzene rings is 4. The molecule has 2 unspecified atom stereocenters. The minimum atomic E-state index is -0.307. The molecule has 0 saturated carbocycles.